The van der Waals surface area contributed by atoms with Crippen molar-refractivity contribution in [1.82, 2.24) is 5.43 Å². The molecule has 0 unspecified atom stereocenters. The molecular formula is C18H23N3O. The Hall–Kier alpha value is -2.49. The molecule has 1 N–H and O–H groups in total. The zero-order chi connectivity index (χ0) is 16.1. The van der Waals surface area contributed by atoms with Gasteiger partial charge in [0, 0.05) is 31.9 Å². The van der Waals surface area contributed by atoms with Crippen LogP contribution in [0.2, 0.25) is 0 Å². The van der Waals surface area contributed by atoms with E-state index in [4.69, 9.17) is 0 Å². The number of rotatable bonds is 5. The second-order valence-electron chi connectivity index (χ2n) is 5.46. The molecule has 0 bridgehead atoms. The van der Waals surface area contributed by atoms with Crippen molar-refractivity contribution < 1.29 is 4.79 Å². The van der Waals surface area contributed by atoms with Gasteiger partial charge in [0.25, 0.3) is 5.91 Å². The van der Waals surface area contributed by atoms with E-state index in [1.165, 1.54) is 5.56 Å². The van der Waals surface area contributed by atoms with Crippen molar-refractivity contribution >= 4 is 17.3 Å². The van der Waals surface area contributed by atoms with Crippen LogP contribution in [0.4, 0.5) is 11.4 Å². The van der Waals surface area contributed by atoms with Gasteiger partial charge in [0.15, 0.2) is 0 Å². The monoisotopic (exact) mass is 297 g/mol. The summed E-state index contributed by atoms with van der Waals surface area (Å²) in [5, 5.41) is 1.85. The molecule has 0 saturated carbocycles. The van der Waals surface area contributed by atoms with Gasteiger partial charge in [-0.2, -0.15) is 0 Å². The number of anilines is 2. The summed E-state index contributed by atoms with van der Waals surface area (Å²) in [6, 6.07) is 15.7. The Kier molecular flexibility index (Phi) is 5.04. The van der Waals surface area contributed by atoms with Crippen molar-refractivity contribution in [2.75, 3.05) is 30.5 Å². The van der Waals surface area contributed by atoms with Gasteiger partial charge in [-0.05, 0) is 50.2 Å². The largest absolute Gasteiger partial charge is 0.378 e. The molecule has 0 spiro atoms. The maximum absolute atomic E-state index is 12.4. The van der Waals surface area contributed by atoms with Gasteiger partial charge < -0.3 is 4.90 Å². The lowest BCUT2D eigenvalue weighted by molar-refractivity contribution is 0.0949. The zero-order valence-corrected chi connectivity index (χ0v) is 13.6. The Labute approximate surface area is 132 Å². The number of carbonyl (C=O) groups is 1. The molecule has 2 aromatic carbocycles. The highest BCUT2D eigenvalue weighted by Gasteiger charge is 2.11. The summed E-state index contributed by atoms with van der Waals surface area (Å²) in [7, 11) is 3.95. The number of hydrogen-bond donors (Lipinski definition) is 1. The molecule has 116 valence electrons. The number of hydrogen-bond acceptors (Lipinski definition) is 3. The first-order valence-corrected chi connectivity index (χ1v) is 7.44. The van der Waals surface area contributed by atoms with Gasteiger partial charge in [-0.25, -0.2) is 0 Å². The Bertz CT molecular complexity index is 618. The number of carbonyl (C=O) groups excluding carboxylic acids is 1. The molecule has 0 aliphatic rings. The lowest BCUT2D eigenvalue weighted by atomic mass is 10.2. The minimum Gasteiger partial charge on any atom is -0.378 e. The molecule has 0 saturated heterocycles. The van der Waals surface area contributed by atoms with Crippen LogP contribution in [-0.4, -0.2) is 26.5 Å². The number of hydrazine groups is 1. The molecular weight excluding hydrogens is 274 g/mol. The maximum Gasteiger partial charge on any atom is 0.269 e. The van der Waals surface area contributed by atoms with Crippen molar-refractivity contribution in [2.24, 2.45) is 0 Å². The number of aryl methyl sites for hydroxylation is 1. The first-order valence-electron chi connectivity index (χ1n) is 7.44. The van der Waals surface area contributed by atoms with Gasteiger partial charge in [0.05, 0.1) is 5.69 Å². The van der Waals surface area contributed by atoms with Gasteiger partial charge in [-0.3, -0.25) is 15.2 Å². The topological polar surface area (TPSA) is 35.6 Å². The normalized spacial score (nSPS) is 10.2. The van der Waals surface area contributed by atoms with Gasteiger partial charge in [-0.1, -0.05) is 17.7 Å². The zero-order valence-electron chi connectivity index (χ0n) is 13.6. The average molecular weight is 297 g/mol. The molecule has 4 heteroatoms. The van der Waals surface area contributed by atoms with Gasteiger partial charge >= 0.3 is 0 Å². The molecule has 2 aromatic rings. The molecule has 4 nitrogen and oxygen atoms in total. The standard InChI is InChI=1S/C18H23N3O/c1-5-21(17-10-6-14(2)7-11-17)19-18(22)15-8-12-16(13-9-15)20(3)4/h6-13H,5H2,1-4H3,(H,19,22). The van der Waals surface area contributed by atoms with E-state index in [0.29, 0.717) is 12.1 Å². The summed E-state index contributed by atoms with van der Waals surface area (Å²) in [4.78, 5) is 14.4. The van der Waals surface area contributed by atoms with Crippen LogP contribution in [0.1, 0.15) is 22.8 Å². The van der Waals surface area contributed by atoms with Crippen LogP contribution in [0, 0.1) is 6.92 Å². The molecule has 0 aromatic heterocycles. The Morgan fingerprint density at radius 3 is 2.00 bits per heavy atom. The number of amides is 1. The van der Waals surface area contributed by atoms with E-state index in [9.17, 15) is 4.79 Å². The highest BCUT2D eigenvalue weighted by molar-refractivity contribution is 5.95. The predicted octanol–water partition coefficient (Wildman–Crippen LogP) is 3.23. The fraction of sp³-hybridized carbons (Fsp3) is 0.278. The van der Waals surface area contributed by atoms with E-state index in [-0.39, 0.29) is 5.91 Å². The molecule has 0 aliphatic carbocycles. The minimum atomic E-state index is -0.104. The predicted molar refractivity (Wildman–Crippen MR) is 92.4 cm³/mol. The summed E-state index contributed by atoms with van der Waals surface area (Å²) in [6.45, 7) is 4.75. The molecule has 0 radical (unpaired) electrons. The molecule has 2 rings (SSSR count). The van der Waals surface area contributed by atoms with Crippen LogP contribution in [0.3, 0.4) is 0 Å². The third-order valence-corrected chi connectivity index (χ3v) is 3.54. The van der Waals surface area contributed by atoms with E-state index < -0.39 is 0 Å². The Balaban J connectivity index is 2.10. The van der Waals surface area contributed by atoms with E-state index in [2.05, 4.69) is 5.43 Å². The number of benzene rings is 2. The van der Waals surface area contributed by atoms with Crippen molar-refractivity contribution in [2.45, 2.75) is 13.8 Å². The van der Waals surface area contributed by atoms with Crippen LogP contribution in [0.5, 0.6) is 0 Å². The van der Waals surface area contributed by atoms with Crippen LogP contribution in [-0.2, 0) is 0 Å². The van der Waals surface area contributed by atoms with Gasteiger partial charge in [0.2, 0.25) is 0 Å². The van der Waals surface area contributed by atoms with Crippen LogP contribution in [0.25, 0.3) is 0 Å². The van der Waals surface area contributed by atoms with Crippen molar-refractivity contribution in [3.8, 4) is 0 Å². The third-order valence-electron chi connectivity index (χ3n) is 3.54. The quantitative estimate of drug-likeness (QED) is 0.861. The average Bonchev–Trinajstić information content (AvgIpc) is 2.53. The summed E-state index contributed by atoms with van der Waals surface area (Å²) in [6.07, 6.45) is 0. The van der Waals surface area contributed by atoms with E-state index in [0.717, 1.165) is 11.4 Å². The van der Waals surface area contributed by atoms with Crippen molar-refractivity contribution in [3.63, 3.8) is 0 Å². The van der Waals surface area contributed by atoms with E-state index in [1.807, 2.05) is 86.4 Å². The maximum atomic E-state index is 12.4. The molecule has 1 amide bonds. The summed E-state index contributed by atoms with van der Waals surface area (Å²) in [5.41, 5.74) is 6.85. The first-order chi connectivity index (χ1) is 10.5. The van der Waals surface area contributed by atoms with Crippen LogP contribution in [0.15, 0.2) is 48.5 Å². The lowest BCUT2D eigenvalue weighted by Gasteiger charge is -2.24. The summed E-state index contributed by atoms with van der Waals surface area (Å²) < 4.78 is 0. The first kappa shape index (κ1) is 15.9. The second kappa shape index (κ2) is 6.98. The highest BCUT2D eigenvalue weighted by Crippen LogP contribution is 2.15. The smallest absolute Gasteiger partial charge is 0.269 e. The fourth-order valence-corrected chi connectivity index (χ4v) is 2.15. The van der Waals surface area contributed by atoms with E-state index in [1.54, 1.807) is 0 Å². The van der Waals surface area contributed by atoms with Gasteiger partial charge in [0.1, 0.15) is 0 Å². The molecule has 22 heavy (non-hydrogen) atoms. The molecule has 0 atom stereocenters. The lowest BCUT2D eigenvalue weighted by Crippen LogP contribution is -2.42. The summed E-state index contributed by atoms with van der Waals surface area (Å²) >= 11 is 0. The Morgan fingerprint density at radius 2 is 1.50 bits per heavy atom. The van der Waals surface area contributed by atoms with Gasteiger partial charge in [-0.15, -0.1) is 0 Å². The van der Waals surface area contributed by atoms with Crippen molar-refractivity contribution in [3.05, 3.63) is 59.7 Å². The molecule has 0 aliphatic heterocycles. The molecule has 0 fully saturated rings. The third kappa shape index (κ3) is 3.79. The second-order valence-corrected chi connectivity index (χ2v) is 5.46. The van der Waals surface area contributed by atoms with Crippen LogP contribution < -0.4 is 15.3 Å². The SMILES string of the molecule is CCN(NC(=O)c1ccc(N(C)C)cc1)c1ccc(C)cc1. The highest BCUT2D eigenvalue weighted by atomic mass is 16.2. The number of nitrogens with zero attached hydrogens (tertiary/aromatic N) is 2. The van der Waals surface area contributed by atoms with Crippen molar-refractivity contribution in [1.29, 1.82) is 0 Å². The fourth-order valence-electron chi connectivity index (χ4n) is 2.15. The summed E-state index contributed by atoms with van der Waals surface area (Å²) in [5.74, 6) is -0.104. The van der Waals surface area contributed by atoms with E-state index >= 15 is 0 Å². The Morgan fingerprint density at radius 1 is 0.955 bits per heavy atom. The van der Waals surface area contributed by atoms with Crippen LogP contribution >= 0.6 is 0 Å². The minimum absolute atomic E-state index is 0.104. The number of nitrogens with one attached hydrogen (secondary N) is 1. The molecule has 0 heterocycles.